The molecule has 0 bridgehead atoms. The third kappa shape index (κ3) is 3.56. The van der Waals surface area contributed by atoms with E-state index in [-0.39, 0.29) is 6.04 Å². The van der Waals surface area contributed by atoms with E-state index in [2.05, 4.69) is 15.5 Å². The average molecular weight is 294 g/mol. The maximum Gasteiger partial charge on any atom is 0.445 e. The summed E-state index contributed by atoms with van der Waals surface area (Å²) in [6, 6.07) is 0.569. The standard InChI is InChI=1S/C11H17F3N4S/c1-7(2)15-6-8-4-3-5-18(8)10-17-16-9(19-10)11(12,13)14/h7-8,15H,3-6H2,1-2H3. The van der Waals surface area contributed by atoms with Crippen LogP contribution in [0.2, 0.25) is 0 Å². The highest BCUT2D eigenvalue weighted by atomic mass is 32.1. The Bertz CT molecular complexity index is 418. The summed E-state index contributed by atoms with van der Waals surface area (Å²) in [4.78, 5) is 1.93. The number of alkyl halides is 3. The Kier molecular flexibility index (Phi) is 4.29. The predicted octanol–water partition coefficient (Wildman–Crippen LogP) is 2.52. The maximum absolute atomic E-state index is 12.5. The maximum atomic E-state index is 12.5. The van der Waals surface area contributed by atoms with Crippen molar-refractivity contribution in [3.05, 3.63) is 5.01 Å². The van der Waals surface area contributed by atoms with Crippen LogP contribution in [-0.4, -0.2) is 35.4 Å². The van der Waals surface area contributed by atoms with E-state index in [1.54, 1.807) is 0 Å². The van der Waals surface area contributed by atoms with Crippen molar-refractivity contribution >= 4 is 16.5 Å². The summed E-state index contributed by atoms with van der Waals surface area (Å²) in [6.07, 6.45) is -2.45. The lowest BCUT2D eigenvalue weighted by molar-refractivity contribution is -0.138. The highest BCUT2D eigenvalue weighted by molar-refractivity contribution is 7.15. The molecule has 1 fully saturated rings. The fourth-order valence-corrected chi connectivity index (χ4v) is 2.93. The number of nitrogens with one attached hydrogen (secondary N) is 1. The highest BCUT2D eigenvalue weighted by Gasteiger charge is 2.37. The van der Waals surface area contributed by atoms with E-state index in [1.165, 1.54) is 0 Å². The SMILES string of the molecule is CC(C)NCC1CCCN1c1nnc(C(F)(F)F)s1. The number of hydrogen-bond acceptors (Lipinski definition) is 5. The van der Waals surface area contributed by atoms with Gasteiger partial charge in [-0.25, -0.2) is 0 Å². The molecule has 1 aliphatic rings. The number of anilines is 1. The normalized spacial score (nSPS) is 20.5. The Morgan fingerprint density at radius 3 is 2.74 bits per heavy atom. The quantitative estimate of drug-likeness (QED) is 0.926. The Labute approximate surface area is 114 Å². The zero-order chi connectivity index (χ0) is 14.0. The van der Waals surface area contributed by atoms with Crippen molar-refractivity contribution in [2.75, 3.05) is 18.0 Å². The van der Waals surface area contributed by atoms with Crippen LogP contribution in [0.3, 0.4) is 0 Å². The molecule has 0 radical (unpaired) electrons. The Morgan fingerprint density at radius 2 is 2.16 bits per heavy atom. The molecule has 0 spiro atoms. The second-order valence-electron chi connectivity index (χ2n) is 4.94. The van der Waals surface area contributed by atoms with Crippen LogP contribution in [-0.2, 0) is 6.18 Å². The van der Waals surface area contributed by atoms with Gasteiger partial charge in [0.2, 0.25) is 10.1 Å². The van der Waals surface area contributed by atoms with Gasteiger partial charge < -0.3 is 10.2 Å². The van der Waals surface area contributed by atoms with Crippen LogP contribution >= 0.6 is 11.3 Å². The summed E-state index contributed by atoms with van der Waals surface area (Å²) in [7, 11) is 0. The topological polar surface area (TPSA) is 41.0 Å². The summed E-state index contributed by atoms with van der Waals surface area (Å²) < 4.78 is 37.5. The summed E-state index contributed by atoms with van der Waals surface area (Å²) >= 11 is 0.626. The van der Waals surface area contributed by atoms with Crippen LogP contribution in [0, 0.1) is 0 Å². The molecule has 1 aliphatic heterocycles. The molecule has 0 saturated carbocycles. The van der Waals surface area contributed by atoms with E-state index in [4.69, 9.17) is 0 Å². The van der Waals surface area contributed by atoms with Crippen molar-refractivity contribution < 1.29 is 13.2 Å². The van der Waals surface area contributed by atoms with Gasteiger partial charge >= 0.3 is 6.18 Å². The van der Waals surface area contributed by atoms with Gasteiger partial charge in [0, 0.05) is 25.2 Å². The summed E-state index contributed by atoms with van der Waals surface area (Å²) in [5.41, 5.74) is 0. The Hall–Kier alpha value is -0.890. The van der Waals surface area contributed by atoms with Crippen LogP contribution in [0.4, 0.5) is 18.3 Å². The van der Waals surface area contributed by atoms with Crippen LogP contribution in [0.15, 0.2) is 0 Å². The number of aromatic nitrogens is 2. The average Bonchev–Trinajstić information content (AvgIpc) is 2.93. The van der Waals surface area contributed by atoms with Crippen molar-refractivity contribution in [3.63, 3.8) is 0 Å². The van der Waals surface area contributed by atoms with Gasteiger partial charge in [-0.15, -0.1) is 10.2 Å². The molecule has 0 amide bonds. The van der Waals surface area contributed by atoms with Gasteiger partial charge in [-0.2, -0.15) is 13.2 Å². The Balaban J connectivity index is 2.05. The lowest BCUT2D eigenvalue weighted by Gasteiger charge is -2.24. The first-order chi connectivity index (χ1) is 8.88. The zero-order valence-corrected chi connectivity index (χ0v) is 11.7. The number of hydrogen-bond donors (Lipinski definition) is 1. The van der Waals surface area contributed by atoms with E-state index in [0.29, 0.717) is 22.5 Å². The molecule has 8 heteroatoms. The smallest absolute Gasteiger partial charge is 0.342 e. The third-order valence-electron chi connectivity index (χ3n) is 3.04. The lowest BCUT2D eigenvalue weighted by Crippen LogP contribution is -2.40. The molecule has 1 atom stereocenters. The van der Waals surface area contributed by atoms with Gasteiger partial charge in [0.05, 0.1) is 0 Å². The highest BCUT2D eigenvalue weighted by Crippen LogP contribution is 2.36. The fourth-order valence-electron chi connectivity index (χ4n) is 2.12. The van der Waals surface area contributed by atoms with Crippen molar-refractivity contribution in [2.24, 2.45) is 0 Å². The number of halogens is 3. The first-order valence-electron chi connectivity index (χ1n) is 6.28. The monoisotopic (exact) mass is 294 g/mol. The first-order valence-corrected chi connectivity index (χ1v) is 7.10. The molecule has 1 saturated heterocycles. The molecule has 1 N–H and O–H groups in total. The molecule has 108 valence electrons. The van der Waals surface area contributed by atoms with E-state index in [1.807, 2.05) is 18.7 Å². The zero-order valence-electron chi connectivity index (χ0n) is 10.9. The van der Waals surface area contributed by atoms with E-state index < -0.39 is 11.2 Å². The predicted molar refractivity (Wildman–Crippen MR) is 68.4 cm³/mol. The van der Waals surface area contributed by atoms with Crippen molar-refractivity contribution in [3.8, 4) is 0 Å². The summed E-state index contributed by atoms with van der Waals surface area (Å²) in [5, 5.41) is 9.75. The van der Waals surface area contributed by atoms with Gasteiger partial charge in [0.15, 0.2) is 0 Å². The second-order valence-corrected chi connectivity index (χ2v) is 5.90. The van der Waals surface area contributed by atoms with Crippen LogP contribution in [0.1, 0.15) is 31.7 Å². The fraction of sp³-hybridized carbons (Fsp3) is 0.818. The second kappa shape index (κ2) is 5.62. The van der Waals surface area contributed by atoms with E-state index >= 15 is 0 Å². The van der Waals surface area contributed by atoms with Gasteiger partial charge in [0.1, 0.15) is 0 Å². The minimum atomic E-state index is -4.40. The number of rotatable bonds is 4. The molecule has 0 aromatic carbocycles. The van der Waals surface area contributed by atoms with Crippen LogP contribution < -0.4 is 10.2 Å². The van der Waals surface area contributed by atoms with Crippen molar-refractivity contribution in [1.29, 1.82) is 0 Å². The molecular formula is C11H17F3N4S. The summed E-state index contributed by atoms with van der Waals surface area (Å²) in [5.74, 6) is 0. The Morgan fingerprint density at radius 1 is 1.42 bits per heavy atom. The molecule has 1 aromatic heterocycles. The van der Waals surface area contributed by atoms with Gasteiger partial charge in [-0.3, -0.25) is 0 Å². The molecular weight excluding hydrogens is 277 g/mol. The molecule has 1 aromatic rings. The molecule has 19 heavy (non-hydrogen) atoms. The lowest BCUT2D eigenvalue weighted by atomic mass is 10.2. The molecule has 4 nitrogen and oxygen atoms in total. The minimum absolute atomic E-state index is 0.205. The molecule has 2 rings (SSSR count). The molecule has 0 aliphatic carbocycles. The van der Waals surface area contributed by atoms with Crippen molar-refractivity contribution in [1.82, 2.24) is 15.5 Å². The van der Waals surface area contributed by atoms with Crippen molar-refractivity contribution in [2.45, 2.75) is 44.9 Å². The van der Waals surface area contributed by atoms with Gasteiger partial charge in [0.25, 0.3) is 0 Å². The third-order valence-corrected chi connectivity index (χ3v) is 4.05. The van der Waals surface area contributed by atoms with Crippen LogP contribution in [0.5, 0.6) is 0 Å². The van der Waals surface area contributed by atoms with E-state index in [0.717, 1.165) is 25.9 Å². The molecule has 1 unspecified atom stereocenters. The number of nitrogens with zero attached hydrogens (tertiary/aromatic N) is 3. The minimum Gasteiger partial charge on any atom is -0.342 e. The van der Waals surface area contributed by atoms with E-state index in [9.17, 15) is 13.2 Å². The van der Waals surface area contributed by atoms with Gasteiger partial charge in [-0.05, 0) is 12.8 Å². The summed E-state index contributed by atoms with van der Waals surface area (Å²) in [6.45, 7) is 5.60. The molecule has 2 heterocycles. The first kappa shape index (κ1) is 14.5. The van der Waals surface area contributed by atoms with Crippen LogP contribution in [0.25, 0.3) is 0 Å². The largest absolute Gasteiger partial charge is 0.445 e. The van der Waals surface area contributed by atoms with Gasteiger partial charge in [-0.1, -0.05) is 25.2 Å².